The molecule has 8 heavy (non-hydrogen) atoms. The average Bonchev–Trinajstić information content (AvgIpc) is 1.85. The van der Waals surface area contributed by atoms with Gasteiger partial charge < -0.3 is 4.72 Å². The first-order valence-electron chi connectivity index (χ1n) is 2.57. The molecular formula is C3H9B2N3. The summed E-state index contributed by atoms with van der Waals surface area (Å²) in [6.07, 6.45) is 0. The molecule has 1 rings (SSSR count). The molecule has 0 saturated carbocycles. The van der Waals surface area contributed by atoms with Gasteiger partial charge in [-0.05, 0) is 21.1 Å². The Balaban J connectivity index is 2.39. The van der Waals surface area contributed by atoms with Gasteiger partial charge in [-0.3, -0.25) is 9.84 Å². The van der Waals surface area contributed by atoms with E-state index in [4.69, 9.17) is 0 Å². The van der Waals surface area contributed by atoms with Gasteiger partial charge in [0.1, 0.15) is 0 Å². The minimum Gasteiger partial charge on any atom is -0.364 e. The van der Waals surface area contributed by atoms with Crippen LogP contribution in [0.2, 0.25) is 0 Å². The summed E-state index contributed by atoms with van der Waals surface area (Å²) >= 11 is 0. The van der Waals surface area contributed by atoms with E-state index in [9.17, 15) is 0 Å². The van der Waals surface area contributed by atoms with Crippen LogP contribution < -0.4 is 0 Å². The van der Waals surface area contributed by atoms with Crippen LogP contribution in [0.5, 0.6) is 0 Å². The molecular weight excluding hydrogens is 99.7 g/mol. The van der Waals surface area contributed by atoms with Gasteiger partial charge in [0, 0.05) is 0 Å². The molecule has 0 amide bonds. The summed E-state index contributed by atoms with van der Waals surface area (Å²) in [5.74, 6) is 0. The first-order valence-corrected chi connectivity index (χ1v) is 2.57. The Bertz CT molecular complexity index is 78.6. The molecule has 0 unspecified atom stereocenters. The molecule has 42 valence electrons. The summed E-state index contributed by atoms with van der Waals surface area (Å²) in [7, 11) is 10.0. The van der Waals surface area contributed by atoms with Crippen LogP contribution in [-0.4, -0.2) is 50.8 Å². The van der Waals surface area contributed by atoms with Gasteiger partial charge in [-0.25, -0.2) is 0 Å². The maximum absolute atomic E-state index is 2.00. The molecule has 0 aromatic rings. The SMILES string of the molecule is CN1[B]N(C)N(C)[B]1. The highest BCUT2D eigenvalue weighted by atomic mass is 15.6. The maximum atomic E-state index is 2.00. The third-order valence-electron chi connectivity index (χ3n) is 1.20. The molecule has 0 spiro atoms. The van der Waals surface area contributed by atoms with Gasteiger partial charge >= 0.3 is 15.1 Å². The molecule has 0 aliphatic carbocycles. The molecule has 1 aliphatic rings. The van der Waals surface area contributed by atoms with Crippen LogP contribution in [0.1, 0.15) is 0 Å². The van der Waals surface area contributed by atoms with Crippen molar-refractivity contribution in [3.63, 3.8) is 0 Å². The van der Waals surface area contributed by atoms with E-state index in [1.165, 1.54) is 0 Å². The average molecular weight is 109 g/mol. The predicted molar refractivity (Wildman–Crippen MR) is 34.8 cm³/mol. The van der Waals surface area contributed by atoms with Crippen molar-refractivity contribution in [2.75, 3.05) is 21.1 Å². The van der Waals surface area contributed by atoms with Gasteiger partial charge in [0.15, 0.2) is 0 Å². The number of hydrogen-bond acceptors (Lipinski definition) is 3. The lowest BCUT2D eigenvalue weighted by atomic mass is 10.0. The standard InChI is InChI=1S/C3H9B2N3/c1-6-4-7(2)8(3)5-6/h1-3H3. The quantitative estimate of drug-likeness (QED) is 0.361. The normalized spacial score (nSPS) is 25.4. The van der Waals surface area contributed by atoms with Crippen LogP contribution >= 0.6 is 0 Å². The Morgan fingerprint density at radius 1 is 0.875 bits per heavy atom. The molecule has 1 aliphatic heterocycles. The second-order valence-electron chi connectivity index (χ2n) is 2.04. The summed E-state index contributed by atoms with van der Waals surface area (Å²) in [5.41, 5.74) is 0. The molecule has 5 heteroatoms. The molecule has 0 atom stereocenters. The van der Waals surface area contributed by atoms with Crippen LogP contribution in [0.3, 0.4) is 0 Å². The third kappa shape index (κ3) is 1.05. The second kappa shape index (κ2) is 2.09. The highest BCUT2D eigenvalue weighted by molar-refractivity contribution is 6.51. The zero-order valence-electron chi connectivity index (χ0n) is 5.50. The molecule has 0 bridgehead atoms. The smallest absolute Gasteiger partial charge is 0.315 e. The lowest BCUT2D eigenvalue weighted by molar-refractivity contribution is 0.257. The van der Waals surface area contributed by atoms with Crippen LogP contribution in [0.4, 0.5) is 0 Å². The zero-order valence-corrected chi connectivity index (χ0v) is 5.50. The molecule has 0 aromatic heterocycles. The fourth-order valence-electron chi connectivity index (χ4n) is 0.720. The minimum atomic E-state index is 2.00. The lowest BCUT2D eigenvalue weighted by Crippen LogP contribution is -2.31. The molecule has 1 fully saturated rings. The Morgan fingerprint density at radius 3 is 1.38 bits per heavy atom. The Labute approximate surface area is 51.8 Å². The molecule has 1 saturated heterocycles. The van der Waals surface area contributed by atoms with Crippen molar-refractivity contribution < 1.29 is 0 Å². The molecule has 0 N–H and O–H groups in total. The van der Waals surface area contributed by atoms with Crippen molar-refractivity contribution in [2.45, 2.75) is 0 Å². The van der Waals surface area contributed by atoms with Crippen LogP contribution in [0.25, 0.3) is 0 Å². The van der Waals surface area contributed by atoms with Gasteiger partial charge in [-0.2, -0.15) is 0 Å². The van der Waals surface area contributed by atoms with E-state index in [1.54, 1.807) is 0 Å². The largest absolute Gasteiger partial charge is 0.364 e. The van der Waals surface area contributed by atoms with Crippen molar-refractivity contribution in [1.29, 1.82) is 0 Å². The van der Waals surface area contributed by atoms with E-state index in [1.807, 2.05) is 50.8 Å². The Kier molecular flexibility index (Phi) is 1.60. The van der Waals surface area contributed by atoms with Gasteiger partial charge in [-0.15, -0.1) is 0 Å². The minimum absolute atomic E-state index is 2.00. The first-order chi connectivity index (χ1) is 3.70. The highest BCUT2D eigenvalue weighted by Gasteiger charge is 2.22. The molecule has 3 nitrogen and oxygen atoms in total. The van der Waals surface area contributed by atoms with Crippen molar-refractivity contribution >= 4 is 15.1 Å². The maximum Gasteiger partial charge on any atom is 0.315 e. The summed E-state index contributed by atoms with van der Waals surface area (Å²) in [6, 6.07) is 0. The van der Waals surface area contributed by atoms with Crippen LogP contribution in [0.15, 0.2) is 0 Å². The Morgan fingerprint density at radius 2 is 1.25 bits per heavy atom. The van der Waals surface area contributed by atoms with Gasteiger partial charge in [0.05, 0.1) is 0 Å². The monoisotopic (exact) mass is 109 g/mol. The van der Waals surface area contributed by atoms with Crippen molar-refractivity contribution in [2.24, 2.45) is 0 Å². The van der Waals surface area contributed by atoms with Crippen LogP contribution in [0, 0.1) is 0 Å². The molecule has 2 radical (unpaired) electrons. The third-order valence-corrected chi connectivity index (χ3v) is 1.20. The van der Waals surface area contributed by atoms with E-state index in [0.29, 0.717) is 0 Å². The van der Waals surface area contributed by atoms with Crippen LogP contribution in [-0.2, 0) is 0 Å². The Hall–Kier alpha value is 0.00987. The molecule has 1 heterocycles. The number of hydrogen-bond donors (Lipinski definition) is 0. The first kappa shape index (κ1) is 6.13. The fraction of sp³-hybridized carbons (Fsp3) is 1.00. The highest BCUT2D eigenvalue weighted by Crippen LogP contribution is 1.96. The van der Waals surface area contributed by atoms with Gasteiger partial charge in [0.25, 0.3) is 0 Å². The number of rotatable bonds is 0. The second-order valence-corrected chi connectivity index (χ2v) is 2.04. The predicted octanol–water partition coefficient (Wildman–Crippen LogP) is -1.22. The van der Waals surface area contributed by atoms with E-state index in [0.717, 1.165) is 0 Å². The number of hydrazine groups is 1. The van der Waals surface area contributed by atoms with Crippen molar-refractivity contribution in [3.8, 4) is 0 Å². The summed E-state index contributed by atoms with van der Waals surface area (Å²) in [4.78, 5) is 4.00. The number of nitrogens with zero attached hydrogens (tertiary/aromatic N) is 3. The van der Waals surface area contributed by atoms with Gasteiger partial charge in [-0.1, -0.05) is 0 Å². The summed E-state index contributed by atoms with van der Waals surface area (Å²) < 4.78 is 2.00. The van der Waals surface area contributed by atoms with Gasteiger partial charge in [0.2, 0.25) is 0 Å². The summed E-state index contributed by atoms with van der Waals surface area (Å²) in [5, 5.41) is 0. The van der Waals surface area contributed by atoms with E-state index >= 15 is 0 Å². The fourth-order valence-corrected chi connectivity index (χ4v) is 0.720. The van der Waals surface area contributed by atoms with E-state index in [-0.39, 0.29) is 0 Å². The lowest BCUT2D eigenvalue weighted by Gasteiger charge is -2.15. The van der Waals surface area contributed by atoms with E-state index in [2.05, 4.69) is 0 Å². The van der Waals surface area contributed by atoms with Crippen molar-refractivity contribution in [1.82, 2.24) is 14.6 Å². The van der Waals surface area contributed by atoms with Crippen molar-refractivity contribution in [3.05, 3.63) is 0 Å². The topological polar surface area (TPSA) is 9.72 Å². The zero-order chi connectivity index (χ0) is 6.15. The molecule has 0 aromatic carbocycles. The summed E-state index contributed by atoms with van der Waals surface area (Å²) in [6.45, 7) is 0. The van der Waals surface area contributed by atoms with E-state index < -0.39 is 0 Å².